The lowest BCUT2D eigenvalue weighted by Gasteiger charge is -2.26. The third kappa shape index (κ3) is 3.26. The van der Waals surface area contributed by atoms with Gasteiger partial charge in [-0.15, -0.1) is 11.8 Å². The second-order valence-electron chi connectivity index (χ2n) is 6.31. The molecule has 2 aliphatic heterocycles. The van der Waals surface area contributed by atoms with Gasteiger partial charge in [0.1, 0.15) is 5.82 Å². The van der Waals surface area contributed by atoms with Crippen molar-refractivity contribution in [3.05, 3.63) is 47.5 Å². The third-order valence-electron chi connectivity index (χ3n) is 4.66. The van der Waals surface area contributed by atoms with Crippen LogP contribution in [0.4, 0.5) is 10.3 Å². The van der Waals surface area contributed by atoms with Crippen molar-refractivity contribution in [1.29, 1.82) is 0 Å². The van der Waals surface area contributed by atoms with Crippen LogP contribution in [0.3, 0.4) is 0 Å². The lowest BCUT2D eigenvalue weighted by Crippen LogP contribution is -2.25. The highest BCUT2D eigenvalue weighted by molar-refractivity contribution is 7.99. The van der Waals surface area contributed by atoms with Crippen LogP contribution >= 0.6 is 11.8 Å². The standard InChI is InChI=1S/C18H21FN4S/c19-15-5-3-4-14-16(6-9-24-17(14)15)20-10-13-11-21-18(22-12-13)23-7-1-2-8-23/h3-5,11-12,16,20H,1-2,6-10H2/t16-/m0/s1. The van der Waals surface area contributed by atoms with E-state index in [0.717, 1.165) is 47.2 Å². The summed E-state index contributed by atoms with van der Waals surface area (Å²) in [5.74, 6) is 1.66. The Balaban J connectivity index is 1.41. The quantitative estimate of drug-likeness (QED) is 0.919. The second-order valence-corrected chi connectivity index (χ2v) is 7.42. The van der Waals surface area contributed by atoms with Crippen LogP contribution in [0.1, 0.15) is 36.4 Å². The van der Waals surface area contributed by atoms with Gasteiger partial charge in [0.25, 0.3) is 0 Å². The fraction of sp³-hybridized carbons (Fsp3) is 0.444. The molecule has 0 saturated carbocycles. The van der Waals surface area contributed by atoms with Crippen LogP contribution in [0.25, 0.3) is 0 Å². The number of rotatable bonds is 4. The maximum Gasteiger partial charge on any atom is 0.225 e. The number of fused-ring (bicyclic) bond motifs is 1. The number of aromatic nitrogens is 2. The summed E-state index contributed by atoms with van der Waals surface area (Å²) in [5, 5.41) is 3.54. The van der Waals surface area contributed by atoms with E-state index < -0.39 is 0 Å². The first kappa shape index (κ1) is 15.8. The zero-order chi connectivity index (χ0) is 16.4. The lowest BCUT2D eigenvalue weighted by atomic mass is 10.0. The summed E-state index contributed by atoms with van der Waals surface area (Å²) >= 11 is 1.61. The Labute approximate surface area is 145 Å². The predicted molar refractivity (Wildman–Crippen MR) is 94.8 cm³/mol. The third-order valence-corrected chi connectivity index (χ3v) is 5.82. The fourth-order valence-electron chi connectivity index (χ4n) is 3.36. The van der Waals surface area contributed by atoms with E-state index in [1.807, 2.05) is 18.5 Å². The van der Waals surface area contributed by atoms with Crippen LogP contribution in [-0.2, 0) is 6.54 Å². The first-order chi connectivity index (χ1) is 11.8. The second kappa shape index (κ2) is 7.07. The molecule has 1 saturated heterocycles. The molecule has 1 N–H and O–H groups in total. The number of benzene rings is 1. The molecule has 1 aromatic carbocycles. The summed E-state index contributed by atoms with van der Waals surface area (Å²) in [6, 6.07) is 5.55. The van der Waals surface area contributed by atoms with Crippen molar-refractivity contribution in [2.24, 2.45) is 0 Å². The van der Waals surface area contributed by atoms with Crippen LogP contribution in [0.2, 0.25) is 0 Å². The molecule has 24 heavy (non-hydrogen) atoms. The molecule has 3 heterocycles. The van der Waals surface area contributed by atoms with E-state index in [1.54, 1.807) is 23.9 Å². The van der Waals surface area contributed by atoms with Crippen molar-refractivity contribution in [1.82, 2.24) is 15.3 Å². The predicted octanol–water partition coefficient (Wildman–Crippen LogP) is 3.54. The molecule has 0 amide bonds. The van der Waals surface area contributed by atoms with E-state index in [-0.39, 0.29) is 11.9 Å². The fourth-order valence-corrected chi connectivity index (χ4v) is 4.50. The number of nitrogens with zero attached hydrogens (tertiary/aromatic N) is 3. The number of anilines is 1. The monoisotopic (exact) mass is 344 g/mol. The van der Waals surface area contributed by atoms with Gasteiger partial charge in [-0.2, -0.15) is 0 Å². The van der Waals surface area contributed by atoms with E-state index in [2.05, 4.69) is 20.2 Å². The largest absolute Gasteiger partial charge is 0.341 e. The molecule has 1 atom stereocenters. The normalized spacial score (nSPS) is 20.2. The summed E-state index contributed by atoms with van der Waals surface area (Å²) in [6.07, 6.45) is 7.26. The smallest absolute Gasteiger partial charge is 0.225 e. The van der Waals surface area contributed by atoms with Gasteiger partial charge < -0.3 is 10.2 Å². The van der Waals surface area contributed by atoms with E-state index in [0.29, 0.717) is 6.54 Å². The molecule has 0 spiro atoms. The van der Waals surface area contributed by atoms with Crippen LogP contribution in [-0.4, -0.2) is 28.8 Å². The van der Waals surface area contributed by atoms with Gasteiger partial charge in [0, 0.05) is 48.5 Å². The van der Waals surface area contributed by atoms with Crippen molar-refractivity contribution in [2.45, 2.75) is 36.7 Å². The number of nitrogens with one attached hydrogen (secondary N) is 1. The van der Waals surface area contributed by atoms with Crippen molar-refractivity contribution < 1.29 is 4.39 Å². The average molecular weight is 344 g/mol. The maximum absolute atomic E-state index is 13.9. The van der Waals surface area contributed by atoms with Gasteiger partial charge in [0.05, 0.1) is 0 Å². The van der Waals surface area contributed by atoms with Gasteiger partial charge in [-0.25, -0.2) is 14.4 Å². The van der Waals surface area contributed by atoms with Gasteiger partial charge >= 0.3 is 0 Å². The van der Waals surface area contributed by atoms with Gasteiger partial charge in [-0.05, 0) is 36.6 Å². The van der Waals surface area contributed by atoms with Crippen molar-refractivity contribution >= 4 is 17.7 Å². The minimum Gasteiger partial charge on any atom is -0.341 e. The Morgan fingerprint density at radius 3 is 2.79 bits per heavy atom. The molecule has 1 fully saturated rings. The highest BCUT2D eigenvalue weighted by Crippen LogP contribution is 2.37. The van der Waals surface area contributed by atoms with E-state index in [4.69, 9.17) is 0 Å². The molecule has 4 nitrogen and oxygen atoms in total. The van der Waals surface area contributed by atoms with Crippen molar-refractivity contribution in [2.75, 3.05) is 23.7 Å². The number of thioether (sulfide) groups is 1. The summed E-state index contributed by atoms with van der Waals surface area (Å²) < 4.78 is 13.9. The maximum atomic E-state index is 13.9. The summed E-state index contributed by atoms with van der Waals surface area (Å²) in [7, 11) is 0. The number of halogens is 1. The van der Waals surface area contributed by atoms with E-state index in [1.165, 1.54) is 12.8 Å². The minimum absolute atomic E-state index is 0.109. The van der Waals surface area contributed by atoms with Crippen LogP contribution in [0.15, 0.2) is 35.5 Å². The molecule has 0 radical (unpaired) electrons. The van der Waals surface area contributed by atoms with Gasteiger partial charge in [-0.3, -0.25) is 0 Å². The lowest BCUT2D eigenvalue weighted by molar-refractivity contribution is 0.495. The minimum atomic E-state index is -0.109. The molecular weight excluding hydrogens is 323 g/mol. The molecule has 2 aliphatic rings. The molecule has 126 valence electrons. The zero-order valence-electron chi connectivity index (χ0n) is 13.5. The summed E-state index contributed by atoms with van der Waals surface area (Å²) in [5.41, 5.74) is 2.13. The Morgan fingerprint density at radius 2 is 2.00 bits per heavy atom. The molecule has 4 rings (SSSR count). The summed E-state index contributed by atoms with van der Waals surface area (Å²) in [6.45, 7) is 2.81. The summed E-state index contributed by atoms with van der Waals surface area (Å²) in [4.78, 5) is 12.0. The first-order valence-electron chi connectivity index (χ1n) is 8.52. The molecule has 0 unspecified atom stereocenters. The highest BCUT2D eigenvalue weighted by Gasteiger charge is 2.22. The zero-order valence-corrected chi connectivity index (χ0v) is 14.4. The average Bonchev–Trinajstić information content (AvgIpc) is 3.15. The molecule has 1 aromatic heterocycles. The molecule has 6 heteroatoms. The van der Waals surface area contributed by atoms with Crippen LogP contribution < -0.4 is 10.2 Å². The van der Waals surface area contributed by atoms with Crippen LogP contribution in [0, 0.1) is 5.82 Å². The Hall–Kier alpha value is -1.66. The molecule has 0 bridgehead atoms. The van der Waals surface area contributed by atoms with Gasteiger partial charge in [0.2, 0.25) is 5.95 Å². The van der Waals surface area contributed by atoms with Crippen LogP contribution in [0.5, 0.6) is 0 Å². The Kier molecular flexibility index (Phi) is 4.67. The van der Waals surface area contributed by atoms with Crippen molar-refractivity contribution in [3.8, 4) is 0 Å². The number of hydrogen-bond donors (Lipinski definition) is 1. The van der Waals surface area contributed by atoms with Crippen molar-refractivity contribution in [3.63, 3.8) is 0 Å². The van der Waals surface area contributed by atoms with Gasteiger partial charge in [-0.1, -0.05) is 12.1 Å². The van der Waals surface area contributed by atoms with Gasteiger partial charge in [0.15, 0.2) is 0 Å². The number of hydrogen-bond acceptors (Lipinski definition) is 5. The highest BCUT2D eigenvalue weighted by atomic mass is 32.2. The SMILES string of the molecule is Fc1cccc2c1SCC[C@@H]2NCc1cnc(N2CCCC2)nc1. The van der Waals surface area contributed by atoms with E-state index >= 15 is 0 Å². The molecule has 2 aromatic rings. The molecular formula is C18H21FN4S. The Morgan fingerprint density at radius 1 is 1.21 bits per heavy atom. The first-order valence-corrected chi connectivity index (χ1v) is 9.50. The molecule has 0 aliphatic carbocycles. The van der Waals surface area contributed by atoms with E-state index in [9.17, 15) is 4.39 Å². The Bertz CT molecular complexity index is 701. The topological polar surface area (TPSA) is 41.1 Å².